The van der Waals surface area contributed by atoms with E-state index in [1.165, 1.54) is 31.2 Å². The van der Waals surface area contributed by atoms with Gasteiger partial charge in [0.15, 0.2) is 0 Å². The lowest BCUT2D eigenvalue weighted by Crippen LogP contribution is -2.26. The van der Waals surface area contributed by atoms with Crippen LogP contribution in [0, 0.1) is 11.7 Å². The van der Waals surface area contributed by atoms with E-state index in [1.54, 1.807) is 18.2 Å². The van der Waals surface area contributed by atoms with Crippen LogP contribution in [0.25, 0.3) is 10.9 Å². The molecule has 140 valence electrons. The van der Waals surface area contributed by atoms with Crippen molar-refractivity contribution in [2.75, 3.05) is 11.9 Å². The molecule has 0 atom stereocenters. The monoisotopic (exact) mass is 375 g/mol. The summed E-state index contributed by atoms with van der Waals surface area (Å²) in [5, 5.41) is 3.29. The summed E-state index contributed by atoms with van der Waals surface area (Å²) in [4.78, 5) is 31.8. The second-order valence-electron chi connectivity index (χ2n) is 7.44. The molecule has 1 saturated carbocycles. The smallest absolute Gasteiger partial charge is 0.256 e. The lowest BCUT2D eigenvalue weighted by atomic mass is 10.1. The molecule has 28 heavy (non-hydrogen) atoms. The number of carbonyl (C=O) groups is 2. The van der Waals surface area contributed by atoms with Crippen molar-refractivity contribution < 1.29 is 14.0 Å². The number of halogens is 1. The Morgan fingerprint density at radius 3 is 2.89 bits per heavy atom. The van der Waals surface area contributed by atoms with Gasteiger partial charge in [-0.05, 0) is 54.7 Å². The van der Waals surface area contributed by atoms with Crippen molar-refractivity contribution in [1.29, 1.82) is 0 Å². The van der Waals surface area contributed by atoms with E-state index in [2.05, 4.69) is 10.3 Å². The quantitative estimate of drug-likeness (QED) is 0.750. The summed E-state index contributed by atoms with van der Waals surface area (Å²) in [5.74, 6) is -0.251. The molecule has 5 nitrogen and oxygen atoms in total. The fraction of sp³-hybridized carbons (Fsp3) is 0.227. The summed E-state index contributed by atoms with van der Waals surface area (Å²) in [7, 11) is 0. The Morgan fingerprint density at radius 2 is 2.07 bits per heavy atom. The highest BCUT2D eigenvalue weighted by molar-refractivity contribution is 6.15. The van der Waals surface area contributed by atoms with Crippen molar-refractivity contribution in [2.45, 2.75) is 19.4 Å². The molecule has 1 aliphatic carbocycles. The van der Waals surface area contributed by atoms with Crippen LogP contribution in [-0.2, 0) is 6.54 Å². The summed E-state index contributed by atoms with van der Waals surface area (Å²) in [6, 6.07) is 11.2. The molecule has 0 radical (unpaired) electrons. The molecule has 6 heteroatoms. The maximum Gasteiger partial charge on any atom is 0.256 e. The maximum atomic E-state index is 13.7. The number of rotatable bonds is 4. The Kier molecular flexibility index (Phi) is 3.86. The number of hydrogen-bond acceptors (Lipinski definition) is 3. The van der Waals surface area contributed by atoms with Gasteiger partial charge in [-0.3, -0.25) is 14.6 Å². The highest BCUT2D eigenvalue weighted by atomic mass is 19.1. The fourth-order valence-corrected chi connectivity index (χ4v) is 3.79. The van der Waals surface area contributed by atoms with E-state index in [1.807, 2.05) is 17.0 Å². The minimum Gasteiger partial charge on any atom is -0.334 e. The van der Waals surface area contributed by atoms with Crippen LogP contribution in [0.4, 0.5) is 10.1 Å². The van der Waals surface area contributed by atoms with E-state index >= 15 is 0 Å². The van der Waals surface area contributed by atoms with Gasteiger partial charge in [-0.15, -0.1) is 0 Å². The number of carbonyl (C=O) groups excluding carboxylic acids is 2. The zero-order valence-corrected chi connectivity index (χ0v) is 15.1. The molecule has 3 aromatic rings. The summed E-state index contributed by atoms with van der Waals surface area (Å²) in [6.07, 6.45) is 3.87. The van der Waals surface area contributed by atoms with E-state index < -0.39 is 5.82 Å². The minimum atomic E-state index is -0.430. The SMILES string of the molecule is O=C(Nc1cccc2c1C(=O)N(CC1CC1)C2)c1ccnc2ccc(F)cc12. The number of anilines is 1. The predicted octanol–water partition coefficient (Wildman–Crippen LogP) is 3.99. The topological polar surface area (TPSA) is 62.3 Å². The predicted molar refractivity (Wildman–Crippen MR) is 104 cm³/mol. The number of aromatic nitrogens is 1. The molecule has 0 unspecified atom stereocenters. The third-order valence-electron chi connectivity index (χ3n) is 5.38. The first-order chi connectivity index (χ1) is 13.6. The largest absolute Gasteiger partial charge is 0.334 e. The summed E-state index contributed by atoms with van der Waals surface area (Å²) in [6.45, 7) is 1.35. The van der Waals surface area contributed by atoms with Crippen molar-refractivity contribution in [3.8, 4) is 0 Å². The van der Waals surface area contributed by atoms with Crippen LogP contribution in [0.3, 0.4) is 0 Å². The van der Waals surface area contributed by atoms with Crippen LogP contribution in [-0.4, -0.2) is 28.2 Å². The van der Waals surface area contributed by atoms with Crippen LogP contribution in [0.2, 0.25) is 0 Å². The molecule has 1 aliphatic heterocycles. The number of fused-ring (bicyclic) bond motifs is 2. The average Bonchev–Trinajstić information content (AvgIpc) is 3.44. The second-order valence-corrected chi connectivity index (χ2v) is 7.44. The van der Waals surface area contributed by atoms with Gasteiger partial charge in [-0.2, -0.15) is 0 Å². The first kappa shape index (κ1) is 16.9. The van der Waals surface area contributed by atoms with Crippen LogP contribution in [0.1, 0.15) is 39.1 Å². The highest BCUT2D eigenvalue weighted by Crippen LogP contribution is 2.35. The summed E-state index contributed by atoms with van der Waals surface area (Å²) >= 11 is 0. The third kappa shape index (κ3) is 2.91. The van der Waals surface area contributed by atoms with Crippen LogP contribution >= 0.6 is 0 Å². The Labute approximate surface area is 161 Å². The Bertz CT molecular complexity index is 1120. The van der Waals surface area contributed by atoms with E-state index in [0.717, 1.165) is 12.1 Å². The molecule has 1 aromatic heterocycles. The number of pyridine rings is 1. The molecule has 2 aromatic carbocycles. The number of nitrogens with zero attached hydrogens (tertiary/aromatic N) is 2. The van der Waals surface area contributed by atoms with Crippen LogP contribution in [0.15, 0.2) is 48.7 Å². The summed E-state index contributed by atoms with van der Waals surface area (Å²) in [5.41, 5.74) is 2.84. The van der Waals surface area contributed by atoms with Crippen LogP contribution in [0.5, 0.6) is 0 Å². The zero-order chi connectivity index (χ0) is 19.3. The lowest BCUT2D eigenvalue weighted by molar-refractivity contribution is 0.0772. The van der Waals surface area contributed by atoms with Crippen molar-refractivity contribution in [2.24, 2.45) is 5.92 Å². The average molecular weight is 375 g/mol. The van der Waals surface area contributed by atoms with Gasteiger partial charge in [-0.1, -0.05) is 12.1 Å². The van der Waals surface area contributed by atoms with Crippen molar-refractivity contribution in [3.63, 3.8) is 0 Å². The Hall–Kier alpha value is -3.28. The molecule has 5 rings (SSSR count). The Morgan fingerprint density at radius 1 is 1.21 bits per heavy atom. The highest BCUT2D eigenvalue weighted by Gasteiger charge is 2.34. The van der Waals surface area contributed by atoms with Gasteiger partial charge < -0.3 is 10.2 Å². The number of amides is 2. The fourth-order valence-electron chi connectivity index (χ4n) is 3.79. The molecular weight excluding hydrogens is 357 g/mol. The molecule has 0 spiro atoms. The number of nitrogens with one attached hydrogen (secondary N) is 1. The van der Waals surface area contributed by atoms with Gasteiger partial charge >= 0.3 is 0 Å². The number of hydrogen-bond donors (Lipinski definition) is 1. The molecule has 1 fully saturated rings. The van der Waals surface area contributed by atoms with Crippen molar-refractivity contribution in [1.82, 2.24) is 9.88 Å². The van der Waals surface area contributed by atoms with Gasteiger partial charge in [0.2, 0.25) is 0 Å². The molecule has 2 amide bonds. The Balaban J connectivity index is 1.47. The van der Waals surface area contributed by atoms with Gasteiger partial charge in [-0.25, -0.2) is 4.39 Å². The van der Waals surface area contributed by atoms with E-state index in [4.69, 9.17) is 0 Å². The van der Waals surface area contributed by atoms with Gasteiger partial charge in [0.1, 0.15) is 5.82 Å². The molecule has 0 saturated heterocycles. The zero-order valence-electron chi connectivity index (χ0n) is 15.1. The first-order valence-electron chi connectivity index (χ1n) is 9.37. The van der Waals surface area contributed by atoms with E-state index in [-0.39, 0.29) is 11.8 Å². The molecule has 2 heterocycles. The third-order valence-corrected chi connectivity index (χ3v) is 5.38. The number of benzene rings is 2. The standard InChI is InChI=1S/C22H18FN3O2/c23-15-6-7-18-17(10-15)16(8-9-24-18)21(27)25-19-3-1-2-14-12-26(11-13-4-5-13)22(28)20(14)19/h1-3,6-10,13H,4-5,11-12H2,(H,25,27). The molecule has 1 N–H and O–H groups in total. The molecule has 2 aliphatic rings. The molecule has 0 bridgehead atoms. The lowest BCUT2D eigenvalue weighted by Gasteiger charge is -2.15. The normalized spacial score (nSPS) is 15.8. The van der Waals surface area contributed by atoms with Crippen molar-refractivity contribution >= 4 is 28.4 Å². The summed E-state index contributed by atoms with van der Waals surface area (Å²) < 4.78 is 13.7. The maximum absolute atomic E-state index is 13.7. The van der Waals surface area contributed by atoms with Gasteiger partial charge in [0.05, 0.1) is 22.3 Å². The minimum absolute atomic E-state index is 0.0385. The molecular formula is C22H18FN3O2. The van der Waals surface area contributed by atoms with Crippen LogP contribution < -0.4 is 5.32 Å². The first-order valence-corrected chi connectivity index (χ1v) is 9.37. The second kappa shape index (κ2) is 6.41. The van der Waals surface area contributed by atoms with Gasteiger partial charge in [0, 0.05) is 24.7 Å². The van der Waals surface area contributed by atoms with E-state index in [9.17, 15) is 14.0 Å². The van der Waals surface area contributed by atoms with E-state index in [0.29, 0.717) is 40.2 Å². The van der Waals surface area contributed by atoms with Gasteiger partial charge in [0.25, 0.3) is 11.8 Å². The van der Waals surface area contributed by atoms with Crippen molar-refractivity contribution in [3.05, 3.63) is 71.2 Å².